The van der Waals surface area contributed by atoms with Crippen molar-refractivity contribution in [2.75, 3.05) is 0 Å². The van der Waals surface area contributed by atoms with Gasteiger partial charge >= 0.3 is 0 Å². The lowest BCUT2D eigenvalue weighted by Gasteiger charge is -2.10. The van der Waals surface area contributed by atoms with Crippen LogP contribution in [0.1, 0.15) is 25.0 Å². The first kappa shape index (κ1) is 17.6. The van der Waals surface area contributed by atoms with E-state index in [1.54, 1.807) is 23.9 Å². The van der Waals surface area contributed by atoms with Crippen LogP contribution in [0.5, 0.6) is 0 Å². The van der Waals surface area contributed by atoms with E-state index >= 15 is 0 Å². The molecule has 1 atom stereocenters. The quantitative estimate of drug-likeness (QED) is 0.618. The molecule has 0 aliphatic rings. The zero-order chi connectivity index (χ0) is 16.7. The van der Waals surface area contributed by atoms with Gasteiger partial charge in [0.25, 0.3) is 5.91 Å². The molecule has 0 saturated heterocycles. The number of nitrogens with one attached hydrogen (secondary N) is 1. The third-order valence-corrected chi connectivity index (χ3v) is 4.77. The van der Waals surface area contributed by atoms with Crippen molar-refractivity contribution >= 4 is 35.0 Å². The van der Waals surface area contributed by atoms with Gasteiger partial charge in [-0.1, -0.05) is 54.1 Å². The molecule has 0 aromatic heterocycles. The summed E-state index contributed by atoms with van der Waals surface area (Å²) >= 11 is 7.45. The number of hydrazone groups is 1. The summed E-state index contributed by atoms with van der Waals surface area (Å²) in [6.45, 7) is 3.74. The van der Waals surface area contributed by atoms with Crippen LogP contribution in [0.25, 0.3) is 0 Å². The molecule has 0 aliphatic carbocycles. The molecular weight excluding hydrogens is 328 g/mol. The Morgan fingerprint density at radius 2 is 1.83 bits per heavy atom. The van der Waals surface area contributed by atoms with Crippen LogP contribution >= 0.6 is 23.4 Å². The number of hydrogen-bond acceptors (Lipinski definition) is 3. The molecule has 3 nitrogen and oxygen atoms in total. The van der Waals surface area contributed by atoms with Crippen molar-refractivity contribution in [3.63, 3.8) is 0 Å². The Kier molecular flexibility index (Phi) is 6.68. The molecule has 0 spiro atoms. The molecule has 1 amide bonds. The molecule has 0 bridgehead atoms. The highest BCUT2D eigenvalue weighted by atomic mass is 35.5. The van der Waals surface area contributed by atoms with E-state index in [0.29, 0.717) is 5.02 Å². The Labute approximate surface area is 146 Å². The number of hydrogen-bond donors (Lipinski definition) is 1. The highest BCUT2D eigenvalue weighted by Gasteiger charge is 2.13. The standard InChI is InChI=1S/C18H19ClN2OS/c1-13(16-8-10-17(19)11-9-16)20-21-18(22)14(2)23-12-15-6-4-3-5-7-15/h3-11,14H,12H2,1-2H3,(H,21,22)/b20-13-/t14-/m0/s1. The maximum Gasteiger partial charge on any atom is 0.252 e. The van der Waals surface area contributed by atoms with Crippen LogP contribution in [0.3, 0.4) is 0 Å². The lowest BCUT2D eigenvalue weighted by molar-refractivity contribution is -0.120. The lowest BCUT2D eigenvalue weighted by atomic mass is 10.1. The first-order valence-corrected chi connectivity index (χ1v) is 8.74. The smallest absolute Gasteiger partial charge is 0.252 e. The number of carbonyl (C=O) groups excluding carboxylic acids is 1. The Morgan fingerprint density at radius 1 is 1.17 bits per heavy atom. The van der Waals surface area contributed by atoms with E-state index < -0.39 is 0 Å². The predicted molar refractivity (Wildman–Crippen MR) is 99.0 cm³/mol. The zero-order valence-corrected chi connectivity index (χ0v) is 14.7. The second-order valence-corrected chi connectivity index (χ2v) is 6.88. The van der Waals surface area contributed by atoms with Gasteiger partial charge in [-0.2, -0.15) is 5.10 Å². The van der Waals surface area contributed by atoms with Gasteiger partial charge in [0.05, 0.1) is 11.0 Å². The summed E-state index contributed by atoms with van der Waals surface area (Å²) in [6.07, 6.45) is 0. The first-order chi connectivity index (χ1) is 11.1. The number of halogens is 1. The summed E-state index contributed by atoms with van der Waals surface area (Å²) in [5.74, 6) is 0.703. The summed E-state index contributed by atoms with van der Waals surface area (Å²) < 4.78 is 0. The van der Waals surface area contributed by atoms with Crippen molar-refractivity contribution in [1.29, 1.82) is 0 Å². The van der Waals surface area contributed by atoms with Gasteiger partial charge in [0.1, 0.15) is 0 Å². The molecule has 120 valence electrons. The number of nitrogens with zero attached hydrogens (tertiary/aromatic N) is 1. The highest BCUT2D eigenvalue weighted by molar-refractivity contribution is 7.99. The molecular formula is C18H19ClN2OS. The molecule has 2 aromatic rings. The van der Waals surface area contributed by atoms with Gasteiger partial charge in [0.2, 0.25) is 0 Å². The fraction of sp³-hybridized carbons (Fsp3) is 0.222. The molecule has 1 N–H and O–H groups in total. The Bertz CT molecular complexity index is 671. The van der Waals surface area contributed by atoms with Crippen molar-refractivity contribution in [3.8, 4) is 0 Å². The molecule has 0 saturated carbocycles. The van der Waals surface area contributed by atoms with Gasteiger partial charge in [0.15, 0.2) is 0 Å². The fourth-order valence-corrected chi connectivity index (χ4v) is 2.82. The van der Waals surface area contributed by atoms with Crippen molar-refractivity contribution in [2.24, 2.45) is 5.10 Å². The molecule has 2 aromatic carbocycles. The lowest BCUT2D eigenvalue weighted by Crippen LogP contribution is -2.27. The average Bonchev–Trinajstić information content (AvgIpc) is 2.58. The third kappa shape index (κ3) is 5.73. The van der Waals surface area contributed by atoms with Crippen molar-refractivity contribution in [3.05, 3.63) is 70.7 Å². The summed E-state index contributed by atoms with van der Waals surface area (Å²) in [4.78, 5) is 12.1. The number of amides is 1. The van der Waals surface area contributed by atoms with E-state index in [4.69, 9.17) is 11.6 Å². The Hall–Kier alpha value is -1.78. The van der Waals surface area contributed by atoms with Crippen molar-refractivity contribution in [1.82, 2.24) is 5.43 Å². The molecule has 23 heavy (non-hydrogen) atoms. The monoisotopic (exact) mass is 346 g/mol. The van der Waals surface area contributed by atoms with E-state index in [9.17, 15) is 4.79 Å². The number of thioether (sulfide) groups is 1. The minimum absolute atomic E-state index is 0.0979. The Balaban J connectivity index is 1.85. The maximum absolute atomic E-state index is 12.1. The van der Waals surface area contributed by atoms with Gasteiger partial charge < -0.3 is 0 Å². The minimum Gasteiger partial charge on any atom is -0.272 e. The van der Waals surface area contributed by atoms with Crippen LogP contribution < -0.4 is 5.43 Å². The van der Waals surface area contributed by atoms with Crippen molar-refractivity contribution < 1.29 is 4.79 Å². The van der Waals surface area contributed by atoms with Crippen LogP contribution in [0.2, 0.25) is 5.02 Å². The van der Waals surface area contributed by atoms with Gasteiger partial charge in [-0.3, -0.25) is 4.79 Å². The molecule has 0 unspecified atom stereocenters. The second-order valence-electron chi connectivity index (χ2n) is 5.12. The summed E-state index contributed by atoms with van der Waals surface area (Å²) in [5.41, 5.74) is 5.51. The van der Waals surface area contributed by atoms with Crippen LogP contribution in [0.4, 0.5) is 0 Å². The van der Waals surface area contributed by atoms with Gasteiger partial charge in [0, 0.05) is 10.8 Å². The minimum atomic E-state index is -0.169. The molecule has 0 fully saturated rings. The van der Waals surface area contributed by atoms with Crippen LogP contribution in [0.15, 0.2) is 59.7 Å². The first-order valence-electron chi connectivity index (χ1n) is 7.32. The summed E-state index contributed by atoms with van der Waals surface area (Å²) in [7, 11) is 0. The summed E-state index contributed by atoms with van der Waals surface area (Å²) in [5, 5.41) is 4.67. The molecule has 5 heteroatoms. The topological polar surface area (TPSA) is 41.5 Å². The van der Waals surface area contributed by atoms with E-state index in [1.165, 1.54) is 5.56 Å². The highest BCUT2D eigenvalue weighted by Crippen LogP contribution is 2.17. The normalized spacial score (nSPS) is 12.7. The zero-order valence-electron chi connectivity index (χ0n) is 13.1. The molecule has 0 aliphatic heterocycles. The number of rotatable bonds is 6. The largest absolute Gasteiger partial charge is 0.272 e. The van der Waals surface area contributed by atoms with Gasteiger partial charge in [-0.25, -0.2) is 5.43 Å². The number of benzene rings is 2. The maximum atomic E-state index is 12.1. The Morgan fingerprint density at radius 3 is 2.48 bits per heavy atom. The predicted octanol–water partition coefficient (Wildman–Crippen LogP) is 4.50. The molecule has 0 radical (unpaired) electrons. The van der Waals surface area contributed by atoms with E-state index in [0.717, 1.165) is 17.0 Å². The SMILES string of the molecule is C/C(=N/NC(=O)[C@H](C)SCc1ccccc1)c1ccc(Cl)cc1. The average molecular weight is 347 g/mol. The van der Waals surface area contributed by atoms with E-state index in [2.05, 4.69) is 22.7 Å². The third-order valence-electron chi connectivity index (χ3n) is 3.31. The van der Waals surface area contributed by atoms with E-state index in [1.807, 2.05) is 44.2 Å². The van der Waals surface area contributed by atoms with E-state index in [-0.39, 0.29) is 11.2 Å². The second kappa shape index (κ2) is 8.75. The van der Waals surface area contributed by atoms with Crippen LogP contribution in [-0.4, -0.2) is 16.9 Å². The molecule has 0 heterocycles. The van der Waals surface area contributed by atoms with Gasteiger partial charge in [-0.15, -0.1) is 11.8 Å². The van der Waals surface area contributed by atoms with Crippen molar-refractivity contribution in [2.45, 2.75) is 24.9 Å². The van der Waals surface area contributed by atoms with Gasteiger partial charge in [-0.05, 0) is 37.1 Å². The summed E-state index contributed by atoms with van der Waals surface area (Å²) in [6, 6.07) is 17.5. The fourth-order valence-electron chi connectivity index (χ4n) is 1.86. The van der Waals surface area contributed by atoms with Crippen LogP contribution in [-0.2, 0) is 10.5 Å². The van der Waals surface area contributed by atoms with Crippen LogP contribution in [0, 0.1) is 0 Å². The number of carbonyl (C=O) groups is 1. The molecule has 2 rings (SSSR count).